The number of amides is 2. The Balaban J connectivity index is 2.15. The molecule has 1 fully saturated rings. The molecule has 1 N–H and O–H groups in total. The van der Waals surface area contributed by atoms with E-state index in [4.69, 9.17) is 4.74 Å². The van der Waals surface area contributed by atoms with E-state index in [1.165, 1.54) is 0 Å². The molecule has 1 aromatic carbocycles. The predicted octanol–water partition coefficient (Wildman–Crippen LogP) is 2.11. The van der Waals surface area contributed by atoms with Gasteiger partial charge in [0, 0.05) is 25.2 Å². The fourth-order valence-corrected chi connectivity index (χ4v) is 3.02. The number of anilines is 2. The summed E-state index contributed by atoms with van der Waals surface area (Å²) in [5, 5.41) is 2.79. The molecular formula is C18H27N3O3. The summed E-state index contributed by atoms with van der Waals surface area (Å²) in [5.74, 6) is -1.10. The largest absolute Gasteiger partial charge is 0.378 e. The van der Waals surface area contributed by atoms with Crippen LogP contribution >= 0.6 is 0 Å². The summed E-state index contributed by atoms with van der Waals surface area (Å²) in [5.41, 5.74) is 1.58. The average Bonchev–Trinajstić information content (AvgIpc) is 2.55. The van der Waals surface area contributed by atoms with Gasteiger partial charge in [-0.3, -0.25) is 9.59 Å². The number of carbonyl (C=O) groups is 2. The highest BCUT2D eigenvalue weighted by Crippen LogP contribution is 2.26. The molecule has 2 rings (SSSR count). The molecule has 0 saturated carbocycles. The lowest BCUT2D eigenvalue weighted by molar-refractivity contribution is -0.145. The van der Waals surface area contributed by atoms with Crippen LogP contribution in [0.2, 0.25) is 0 Å². The highest BCUT2D eigenvalue weighted by molar-refractivity contribution is 6.40. The predicted molar refractivity (Wildman–Crippen MR) is 95.2 cm³/mol. The van der Waals surface area contributed by atoms with Gasteiger partial charge in [0.1, 0.15) is 0 Å². The second-order valence-electron chi connectivity index (χ2n) is 6.47. The molecule has 6 heteroatoms. The molecule has 0 aromatic heterocycles. The molecule has 1 aromatic rings. The summed E-state index contributed by atoms with van der Waals surface area (Å²) in [6.45, 7) is 10.5. The fraction of sp³-hybridized carbons (Fsp3) is 0.556. The Labute approximate surface area is 143 Å². The van der Waals surface area contributed by atoms with Gasteiger partial charge in [0.05, 0.1) is 24.6 Å². The van der Waals surface area contributed by atoms with Crippen molar-refractivity contribution in [2.75, 3.05) is 36.5 Å². The minimum Gasteiger partial charge on any atom is -0.378 e. The van der Waals surface area contributed by atoms with Gasteiger partial charge in [0.15, 0.2) is 0 Å². The SMILES string of the molecule is CC(C)N(C(=O)C(=O)Nc1ccccc1N1CCOCC1)C(C)C. The zero-order valence-electron chi connectivity index (χ0n) is 14.9. The molecule has 6 nitrogen and oxygen atoms in total. The van der Waals surface area contributed by atoms with E-state index in [2.05, 4.69) is 10.2 Å². The zero-order valence-corrected chi connectivity index (χ0v) is 14.9. The Bertz CT molecular complexity index is 573. The Hall–Kier alpha value is -2.08. The first-order valence-corrected chi connectivity index (χ1v) is 8.47. The van der Waals surface area contributed by atoms with Gasteiger partial charge in [0.2, 0.25) is 0 Å². The first-order chi connectivity index (χ1) is 11.4. The number of hydrogen-bond acceptors (Lipinski definition) is 4. The third-order valence-corrected chi connectivity index (χ3v) is 4.05. The number of morpholine rings is 1. The van der Waals surface area contributed by atoms with Crippen LogP contribution in [0.3, 0.4) is 0 Å². The Morgan fingerprint density at radius 2 is 1.67 bits per heavy atom. The maximum Gasteiger partial charge on any atom is 0.313 e. The number of rotatable bonds is 4. The summed E-state index contributed by atoms with van der Waals surface area (Å²) in [6.07, 6.45) is 0. The van der Waals surface area contributed by atoms with E-state index < -0.39 is 11.8 Å². The monoisotopic (exact) mass is 333 g/mol. The highest BCUT2D eigenvalue weighted by Gasteiger charge is 2.27. The fourth-order valence-electron chi connectivity index (χ4n) is 3.02. The van der Waals surface area contributed by atoms with E-state index in [0.717, 1.165) is 18.8 Å². The standard InChI is InChI=1S/C18H27N3O3/c1-13(2)21(14(3)4)18(23)17(22)19-15-7-5-6-8-16(15)20-9-11-24-12-10-20/h5-8,13-14H,9-12H2,1-4H3,(H,19,22). The molecule has 0 spiro atoms. The van der Waals surface area contributed by atoms with Crippen LogP contribution in [-0.4, -0.2) is 55.1 Å². The van der Waals surface area contributed by atoms with Crippen LogP contribution < -0.4 is 10.2 Å². The second kappa shape index (κ2) is 8.15. The highest BCUT2D eigenvalue weighted by atomic mass is 16.5. The third kappa shape index (κ3) is 4.26. The van der Waals surface area contributed by atoms with Crippen LogP contribution in [0.5, 0.6) is 0 Å². The lowest BCUT2D eigenvalue weighted by Gasteiger charge is -2.32. The minimum atomic E-state index is -0.599. The Kier molecular flexibility index (Phi) is 6.20. The average molecular weight is 333 g/mol. The van der Waals surface area contributed by atoms with E-state index >= 15 is 0 Å². The van der Waals surface area contributed by atoms with Crippen molar-refractivity contribution in [2.24, 2.45) is 0 Å². The molecule has 1 aliphatic heterocycles. The molecule has 1 heterocycles. The number of hydrogen-bond donors (Lipinski definition) is 1. The first kappa shape index (κ1) is 18.3. The van der Waals surface area contributed by atoms with Crippen molar-refractivity contribution in [3.05, 3.63) is 24.3 Å². The molecular weight excluding hydrogens is 306 g/mol. The van der Waals surface area contributed by atoms with Crippen LogP contribution in [0.25, 0.3) is 0 Å². The van der Waals surface area contributed by atoms with Gasteiger partial charge in [0.25, 0.3) is 0 Å². The number of benzene rings is 1. The van der Waals surface area contributed by atoms with Gasteiger partial charge >= 0.3 is 11.8 Å². The minimum absolute atomic E-state index is 0.0299. The van der Waals surface area contributed by atoms with Crippen molar-refractivity contribution in [3.8, 4) is 0 Å². The summed E-state index contributed by atoms with van der Waals surface area (Å²) in [7, 11) is 0. The molecule has 0 radical (unpaired) electrons. The third-order valence-electron chi connectivity index (χ3n) is 4.05. The van der Waals surface area contributed by atoms with Crippen molar-refractivity contribution in [3.63, 3.8) is 0 Å². The van der Waals surface area contributed by atoms with Crippen LogP contribution in [0.15, 0.2) is 24.3 Å². The zero-order chi connectivity index (χ0) is 17.7. The van der Waals surface area contributed by atoms with Gasteiger partial charge in [-0.15, -0.1) is 0 Å². The summed E-state index contributed by atoms with van der Waals surface area (Å²) in [4.78, 5) is 28.7. The lowest BCUT2D eigenvalue weighted by Crippen LogP contribution is -2.47. The molecule has 24 heavy (non-hydrogen) atoms. The normalized spacial score (nSPS) is 14.8. The van der Waals surface area contributed by atoms with Crippen molar-refractivity contribution in [2.45, 2.75) is 39.8 Å². The van der Waals surface area contributed by atoms with Crippen LogP contribution in [0, 0.1) is 0 Å². The molecule has 0 unspecified atom stereocenters. The maximum atomic E-state index is 12.5. The van der Waals surface area contributed by atoms with Crippen molar-refractivity contribution in [1.29, 1.82) is 0 Å². The Morgan fingerprint density at radius 1 is 1.08 bits per heavy atom. The second-order valence-corrected chi connectivity index (χ2v) is 6.47. The van der Waals surface area contributed by atoms with Gasteiger partial charge < -0.3 is 19.9 Å². The molecule has 2 amide bonds. The van der Waals surface area contributed by atoms with E-state index in [1.807, 2.05) is 52.0 Å². The number of nitrogens with one attached hydrogen (secondary N) is 1. The molecule has 1 saturated heterocycles. The van der Waals surface area contributed by atoms with E-state index in [0.29, 0.717) is 18.9 Å². The molecule has 0 bridgehead atoms. The van der Waals surface area contributed by atoms with E-state index in [1.54, 1.807) is 4.90 Å². The Morgan fingerprint density at radius 3 is 2.25 bits per heavy atom. The van der Waals surface area contributed by atoms with E-state index in [-0.39, 0.29) is 12.1 Å². The van der Waals surface area contributed by atoms with Crippen LogP contribution in [-0.2, 0) is 14.3 Å². The number of carbonyl (C=O) groups excluding carboxylic acids is 2. The van der Waals surface area contributed by atoms with Crippen molar-refractivity contribution in [1.82, 2.24) is 4.90 Å². The number of nitrogens with zero attached hydrogens (tertiary/aromatic N) is 2. The molecule has 0 aliphatic carbocycles. The maximum absolute atomic E-state index is 12.5. The van der Waals surface area contributed by atoms with Crippen molar-refractivity contribution < 1.29 is 14.3 Å². The smallest absolute Gasteiger partial charge is 0.313 e. The molecule has 0 atom stereocenters. The number of para-hydroxylation sites is 2. The van der Waals surface area contributed by atoms with Crippen LogP contribution in [0.4, 0.5) is 11.4 Å². The molecule has 1 aliphatic rings. The van der Waals surface area contributed by atoms with Gasteiger partial charge in [-0.05, 0) is 39.8 Å². The first-order valence-electron chi connectivity index (χ1n) is 8.47. The summed E-state index contributed by atoms with van der Waals surface area (Å²) in [6, 6.07) is 7.50. The topological polar surface area (TPSA) is 61.9 Å². The van der Waals surface area contributed by atoms with Crippen molar-refractivity contribution >= 4 is 23.2 Å². The quantitative estimate of drug-likeness (QED) is 0.857. The summed E-state index contributed by atoms with van der Waals surface area (Å²) >= 11 is 0. The van der Waals surface area contributed by atoms with Gasteiger partial charge in [-0.25, -0.2) is 0 Å². The lowest BCUT2D eigenvalue weighted by atomic mass is 10.2. The van der Waals surface area contributed by atoms with Crippen LogP contribution in [0.1, 0.15) is 27.7 Å². The number of ether oxygens (including phenoxy) is 1. The summed E-state index contributed by atoms with van der Waals surface area (Å²) < 4.78 is 5.37. The molecule has 132 valence electrons. The van der Waals surface area contributed by atoms with E-state index in [9.17, 15) is 9.59 Å². The van der Waals surface area contributed by atoms with Gasteiger partial charge in [-0.2, -0.15) is 0 Å². The van der Waals surface area contributed by atoms with Gasteiger partial charge in [-0.1, -0.05) is 12.1 Å².